The Morgan fingerprint density at radius 2 is 2.47 bits per heavy atom. The summed E-state index contributed by atoms with van der Waals surface area (Å²) in [6, 6.07) is 0. The summed E-state index contributed by atoms with van der Waals surface area (Å²) in [7, 11) is 0. The maximum absolute atomic E-state index is 12.0. The molecule has 15 heavy (non-hydrogen) atoms. The van der Waals surface area contributed by atoms with Crippen LogP contribution in [0.15, 0.2) is 24.3 Å². The summed E-state index contributed by atoms with van der Waals surface area (Å²) in [6.45, 7) is 5.88. The van der Waals surface area contributed by atoms with Crippen molar-refractivity contribution in [2.45, 2.75) is 19.8 Å². The Labute approximate surface area is 88.8 Å². The number of hydrogen-bond donors (Lipinski definition) is 0. The summed E-state index contributed by atoms with van der Waals surface area (Å²) in [5.74, 6) is -0.603. The van der Waals surface area contributed by atoms with E-state index in [9.17, 15) is 9.59 Å². The molecule has 1 saturated carbocycles. The number of carbonyl (C=O) groups is 2. The summed E-state index contributed by atoms with van der Waals surface area (Å²) in [4.78, 5) is 23.8. The molecule has 1 fully saturated rings. The standard InChI is InChI=1S/C12H14O3/c1-3-15-11(14)12-6-4-8(2)9(5-7-12)10(12)13/h4,6,9H,2-3,5,7H2,1H3. The number of carbonyl (C=O) groups excluding carboxylic acids is 2. The van der Waals surface area contributed by atoms with Crippen molar-refractivity contribution >= 4 is 11.8 Å². The van der Waals surface area contributed by atoms with Crippen LogP contribution in [0.1, 0.15) is 19.8 Å². The van der Waals surface area contributed by atoms with Crippen molar-refractivity contribution in [2.24, 2.45) is 11.3 Å². The van der Waals surface area contributed by atoms with Gasteiger partial charge in [0.15, 0.2) is 5.78 Å². The van der Waals surface area contributed by atoms with Gasteiger partial charge in [-0.2, -0.15) is 0 Å². The number of hydrogen-bond acceptors (Lipinski definition) is 3. The first-order valence-corrected chi connectivity index (χ1v) is 5.21. The SMILES string of the molecule is C=C1C=CC2(C(=O)OCC)CCC1C2=O. The average molecular weight is 206 g/mol. The fraction of sp³-hybridized carbons (Fsp3) is 0.500. The van der Waals surface area contributed by atoms with E-state index < -0.39 is 11.4 Å². The van der Waals surface area contributed by atoms with Crippen LogP contribution in [0.25, 0.3) is 0 Å². The first-order valence-electron chi connectivity index (χ1n) is 5.21. The minimum Gasteiger partial charge on any atom is -0.465 e. The number of rotatable bonds is 2. The van der Waals surface area contributed by atoms with E-state index in [1.807, 2.05) is 0 Å². The molecular formula is C12H14O3. The van der Waals surface area contributed by atoms with E-state index in [1.165, 1.54) is 0 Å². The summed E-state index contributed by atoms with van der Waals surface area (Å²) in [5.41, 5.74) is -0.181. The molecule has 0 heterocycles. The van der Waals surface area contributed by atoms with Crippen molar-refractivity contribution < 1.29 is 14.3 Å². The van der Waals surface area contributed by atoms with Crippen LogP contribution in [0.2, 0.25) is 0 Å². The van der Waals surface area contributed by atoms with Gasteiger partial charge in [-0.15, -0.1) is 0 Å². The average Bonchev–Trinajstić information content (AvgIpc) is 2.42. The molecule has 0 aromatic rings. The first-order chi connectivity index (χ1) is 7.12. The van der Waals surface area contributed by atoms with Crippen LogP contribution in [0.5, 0.6) is 0 Å². The third kappa shape index (κ3) is 1.26. The fourth-order valence-corrected chi connectivity index (χ4v) is 2.35. The maximum Gasteiger partial charge on any atom is 0.323 e. The van der Waals surface area contributed by atoms with Crippen LogP contribution in [0.3, 0.4) is 0 Å². The molecule has 2 atom stereocenters. The summed E-state index contributed by atoms with van der Waals surface area (Å²) in [5, 5.41) is 0. The van der Waals surface area contributed by atoms with Crippen LogP contribution in [-0.2, 0) is 14.3 Å². The van der Waals surface area contributed by atoms with Gasteiger partial charge in [-0.05, 0) is 25.3 Å². The van der Waals surface area contributed by atoms with Crippen LogP contribution in [-0.4, -0.2) is 18.4 Å². The van der Waals surface area contributed by atoms with Crippen molar-refractivity contribution in [1.82, 2.24) is 0 Å². The van der Waals surface area contributed by atoms with Gasteiger partial charge in [0.05, 0.1) is 6.61 Å². The number of Topliss-reactive ketones (excluding diaryl/α,β-unsaturated/α-hetero) is 1. The van der Waals surface area contributed by atoms with E-state index in [0.29, 0.717) is 19.4 Å². The highest BCUT2D eigenvalue weighted by Crippen LogP contribution is 2.47. The Hall–Kier alpha value is -1.38. The number of esters is 1. The van der Waals surface area contributed by atoms with E-state index in [0.717, 1.165) is 5.57 Å². The molecule has 0 aliphatic heterocycles. The van der Waals surface area contributed by atoms with E-state index in [1.54, 1.807) is 19.1 Å². The molecule has 0 aromatic carbocycles. The zero-order valence-electron chi connectivity index (χ0n) is 8.79. The second-order valence-electron chi connectivity index (χ2n) is 4.06. The van der Waals surface area contributed by atoms with Crippen molar-refractivity contribution in [3.63, 3.8) is 0 Å². The summed E-state index contributed by atoms with van der Waals surface area (Å²) in [6.07, 6.45) is 4.73. The van der Waals surface area contributed by atoms with Crippen LogP contribution in [0, 0.1) is 11.3 Å². The van der Waals surface area contributed by atoms with Gasteiger partial charge in [-0.1, -0.05) is 18.7 Å². The zero-order valence-corrected chi connectivity index (χ0v) is 8.79. The van der Waals surface area contributed by atoms with Crippen LogP contribution >= 0.6 is 0 Å². The Kier molecular flexibility index (Phi) is 2.25. The molecular weight excluding hydrogens is 192 g/mol. The zero-order chi connectivity index (χ0) is 11.1. The van der Waals surface area contributed by atoms with Gasteiger partial charge in [0.1, 0.15) is 5.41 Å². The summed E-state index contributed by atoms with van der Waals surface area (Å²) >= 11 is 0. The van der Waals surface area contributed by atoms with Gasteiger partial charge >= 0.3 is 5.97 Å². The Morgan fingerprint density at radius 3 is 3.13 bits per heavy atom. The quantitative estimate of drug-likeness (QED) is 0.509. The van der Waals surface area contributed by atoms with Crippen LogP contribution in [0.4, 0.5) is 0 Å². The molecule has 2 unspecified atom stereocenters. The van der Waals surface area contributed by atoms with Gasteiger partial charge in [0.2, 0.25) is 0 Å². The molecule has 0 radical (unpaired) electrons. The summed E-state index contributed by atoms with van der Waals surface area (Å²) < 4.78 is 4.97. The third-order valence-electron chi connectivity index (χ3n) is 3.25. The van der Waals surface area contributed by atoms with Crippen molar-refractivity contribution in [3.05, 3.63) is 24.3 Å². The minimum absolute atomic E-state index is 0.0338. The predicted molar refractivity (Wildman–Crippen MR) is 55.1 cm³/mol. The first kappa shape index (κ1) is 10.1. The molecule has 2 rings (SSSR count). The van der Waals surface area contributed by atoms with Crippen molar-refractivity contribution in [3.8, 4) is 0 Å². The van der Waals surface area contributed by atoms with Gasteiger partial charge in [-0.25, -0.2) is 0 Å². The Morgan fingerprint density at radius 1 is 1.73 bits per heavy atom. The predicted octanol–water partition coefficient (Wildman–Crippen LogP) is 1.64. The molecule has 0 N–H and O–H groups in total. The smallest absolute Gasteiger partial charge is 0.323 e. The van der Waals surface area contributed by atoms with Crippen molar-refractivity contribution in [2.75, 3.05) is 6.61 Å². The molecule has 0 spiro atoms. The molecule has 80 valence electrons. The lowest BCUT2D eigenvalue weighted by Gasteiger charge is -2.25. The lowest BCUT2D eigenvalue weighted by Crippen LogP contribution is -2.38. The second kappa shape index (κ2) is 3.33. The van der Waals surface area contributed by atoms with Crippen molar-refractivity contribution in [1.29, 1.82) is 0 Å². The van der Waals surface area contributed by atoms with E-state index in [2.05, 4.69) is 6.58 Å². The van der Waals surface area contributed by atoms with Gasteiger partial charge in [-0.3, -0.25) is 9.59 Å². The Bertz CT molecular complexity index is 367. The number of ether oxygens (including phenoxy) is 1. The largest absolute Gasteiger partial charge is 0.465 e. The van der Waals surface area contributed by atoms with Gasteiger partial charge < -0.3 is 4.74 Å². The minimum atomic E-state index is -0.998. The van der Waals surface area contributed by atoms with E-state index in [-0.39, 0.29) is 11.7 Å². The lowest BCUT2D eigenvalue weighted by molar-refractivity contribution is -0.156. The molecule has 2 aliphatic carbocycles. The molecule has 0 amide bonds. The van der Waals surface area contributed by atoms with E-state index in [4.69, 9.17) is 4.74 Å². The highest BCUT2D eigenvalue weighted by Gasteiger charge is 2.54. The Balaban J connectivity index is 2.36. The number of allylic oxidation sites excluding steroid dienone is 2. The lowest BCUT2D eigenvalue weighted by atomic mass is 9.78. The molecule has 2 aliphatic rings. The van der Waals surface area contributed by atoms with Crippen LogP contribution < -0.4 is 0 Å². The monoisotopic (exact) mass is 206 g/mol. The fourth-order valence-electron chi connectivity index (χ4n) is 2.35. The molecule has 0 aromatic heterocycles. The topological polar surface area (TPSA) is 43.4 Å². The molecule has 3 heteroatoms. The maximum atomic E-state index is 12.0. The third-order valence-corrected chi connectivity index (χ3v) is 3.25. The molecule has 2 bridgehead atoms. The molecule has 0 saturated heterocycles. The highest BCUT2D eigenvalue weighted by atomic mass is 16.5. The normalized spacial score (nSPS) is 33.3. The van der Waals surface area contributed by atoms with Gasteiger partial charge in [0, 0.05) is 5.92 Å². The highest BCUT2D eigenvalue weighted by molar-refractivity contribution is 6.10. The number of fused-ring (bicyclic) bond motifs is 2. The van der Waals surface area contributed by atoms with Gasteiger partial charge in [0.25, 0.3) is 0 Å². The number of ketones is 1. The molecule has 3 nitrogen and oxygen atoms in total. The van der Waals surface area contributed by atoms with E-state index >= 15 is 0 Å². The second-order valence-corrected chi connectivity index (χ2v) is 4.06.